The topological polar surface area (TPSA) is 69.6 Å². The lowest BCUT2D eigenvalue weighted by Crippen LogP contribution is -2.57. The molecule has 0 radical (unpaired) electrons. The number of carboxylic acids is 1. The number of aliphatic carboxylic acids is 1. The molecule has 2 amide bonds. The minimum absolute atomic E-state index is 0.261. The lowest BCUT2D eigenvalue weighted by molar-refractivity contribution is -0.144. The van der Waals surface area contributed by atoms with E-state index in [0.29, 0.717) is 19.5 Å². The number of carboxylic acid groups (broad SMARTS) is 1. The van der Waals surface area contributed by atoms with Gasteiger partial charge in [0.1, 0.15) is 5.54 Å². The Morgan fingerprint density at radius 1 is 1.41 bits per heavy atom. The minimum Gasteiger partial charge on any atom is -0.480 e. The van der Waals surface area contributed by atoms with Crippen LogP contribution >= 0.6 is 11.8 Å². The maximum Gasteiger partial charge on any atom is 0.329 e. The molecule has 2 N–H and O–H groups in total. The Kier molecular flexibility index (Phi) is 5.11. The van der Waals surface area contributed by atoms with Crippen LogP contribution in [-0.4, -0.2) is 52.1 Å². The molecule has 1 atom stereocenters. The highest BCUT2D eigenvalue weighted by Gasteiger charge is 2.35. The van der Waals surface area contributed by atoms with Crippen LogP contribution < -0.4 is 5.32 Å². The molecule has 0 aromatic heterocycles. The maximum absolute atomic E-state index is 11.9. The number of thioether (sulfide) groups is 1. The van der Waals surface area contributed by atoms with Crippen molar-refractivity contribution >= 4 is 23.8 Å². The maximum atomic E-state index is 11.9. The fourth-order valence-electron chi connectivity index (χ4n) is 1.80. The zero-order chi connectivity index (χ0) is 12.9. The first kappa shape index (κ1) is 14.2. The summed E-state index contributed by atoms with van der Waals surface area (Å²) in [6.45, 7) is 4.86. The molecule has 1 rings (SSSR count). The van der Waals surface area contributed by atoms with Gasteiger partial charge in [0.25, 0.3) is 0 Å². The third-order valence-corrected chi connectivity index (χ3v) is 3.85. The van der Waals surface area contributed by atoms with Crippen LogP contribution in [0.5, 0.6) is 0 Å². The van der Waals surface area contributed by atoms with Gasteiger partial charge in [0.2, 0.25) is 0 Å². The van der Waals surface area contributed by atoms with E-state index in [1.54, 1.807) is 11.8 Å². The van der Waals surface area contributed by atoms with E-state index in [1.807, 2.05) is 18.7 Å². The monoisotopic (exact) mass is 260 g/mol. The quantitative estimate of drug-likeness (QED) is 0.801. The number of hydrogen-bond donors (Lipinski definition) is 2. The molecule has 1 unspecified atom stereocenters. The second-order valence-electron chi connectivity index (χ2n) is 4.42. The zero-order valence-electron chi connectivity index (χ0n) is 10.4. The van der Waals surface area contributed by atoms with Crippen LogP contribution in [-0.2, 0) is 4.79 Å². The van der Waals surface area contributed by atoms with Crippen LogP contribution in [0.4, 0.5) is 4.79 Å². The van der Waals surface area contributed by atoms with Crippen LogP contribution in [0, 0.1) is 0 Å². The summed E-state index contributed by atoms with van der Waals surface area (Å²) in [5.74, 6) is 0.870. The van der Waals surface area contributed by atoms with Gasteiger partial charge in [-0.05, 0) is 13.3 Å². The SMILES string of the molecule is CCCC(C)(NC(=O)N1CCSCC1)C(=O)O. The summed E-state index contributed by atoms with van der Waals surface area (Å²) < 4.78 is 0. The molecular formula is C11H20N2O3S. The Labute approximate surface area is 106 Å². The van der Waals surface area contributed by atoms with Gasteiger partial charge in [0.05, 0.1) is 0 Å². The van der Waals surface area contributed by atoms with Crippen LogP contribution in [0.25, 0.3) is 0 Å². The molecule has 1 aliphatic heterocycles. The van der Waals surface area contributed by atoms with E-state index in [0.717, 1.165) is 17.9 Å². The van der Waals surface area contributed by atoms with Crippen molar-refractivity contribution in [2.75, 3.05) is 24.6 Å². The third kappa shape index (κ3) is 3.80. The standard InChI is InChI=1S/C11H20N2O3S/c1-3-4-11(2,9(14)15)12-10(16)13-5-7-17-8-6-13/h3-8H2,1-2H3,(H,12,16)(H,14,15). The number of carbonyl (C=O) groups is 2. The smallest absolute Gasteiger partial charge is 0.329 e. The number of urea groups is 1. The van der Waals surface area contributed by atoms with Crippen LogP contribution in [0.15, 0.2) is 0 Å². The van der Waals surface area contributed by atoms with Crippen molar-refractivity contribution < 1.29 is 14.7 Å². The lowest BCUT2D eigenvalue weighted by atomic mass is 9.96. The first-order valence-electron chi connectivity index (χ1n) is 5.88. The lowest BCUT2D eigenvalue weighted by Gasteiger charge is -2.32. The van der Waals surface area contributed by atoms with Gasteiger partial charge in [-0.2, -0.15) is 11.8 Å². The van der Waals surface area contributed by atoms with Gasteiger partial charge in [-0.25, -0.2) is 9.59 Å². The van der Waals surface area contributed by atoms with Crippen molar-refractivity contribution in [2.24, 2.45) is 0 Å². The van der Waals surface area contributed by atoms with Gasteiger partial charge >= 0.3 is 12.0 Å². The summed E-state index contributed by atoms with van der Waals surface area (Å²) in [6, 6.07) is -0.261. The predicted octanol–water partition coefficient (Wildman–Crippen LogP) is 1.39. The molecule has 1 heterocycles. The second-order valence-corrected chi connectivity index (χ2v) is 5.64. The fraction of sp³-hybridized carbons (Fsp3) is 0.818. The Bertz CT molecular complexity index is 292. The van der Waals surface area contributed by atoms with Crippen LogP contribution in [0.3, 0.4) is 0 Å². The molecule has 0 aromatic rings. The average Bonchev–Trinajstić information content (AvgIpc) is 2.30. The van der Waals surface area contributed by atoms with Crippen LogP contribution in [0.1, 0.15) is 26.7 Å². The van der Waals surface area contributed by atoms with Gasteiger partial charge in [0, 0.05) is 24.6 Å². The summed E-state index contributed by atoms with van der Waals surface area (Å²) in [4.78, 5) is 24.8. The molecule has 5 nitrogen and oxygen atoms in total. The molecular weight excluding hydrogens is 240 g/mol. The van der Waals surface area contributed by atoms with E-state index in [2.05, 4.69) is 5.32 Å². The molecule has 17 heavy (non-hydrogen) atoms. The average molecular weight is 260 g/mol. The first-order valence-corrected chi connectivity index (χ1v) is 7.03. The molecule has 1 fully saturated rings. The van der Waals surface area contributed by atoms with E-state index in [4.69, 9.17) is 0 Å². The number of nitrogens with zero attached hydrogens (tertiary/aromatic N) is 1. The van der Waals surface area contributed by atoms with Crippen molar-refractivity contribution in [3.63, 3.8) is 0 Å². The van der Waals surface area contributed by atoms with Crippen LogP contribution in [0.2, 0.25) is 0 Å². The number of amides is 2. The summed E-state index contributed by atoms with van der Waals surface area (Å²) in [6.07, 6.45) is 1.16. The Hall–Kier alpha value is -0.910. The van der Waals surface area contributed by atoms with Crippen molar-refractivity contribution in [3.05, 3.63) is 0 Å². The van der Waals surface area contributed by atoms with E-state index < -0.39 is 11.5 Å². The molecule has 1 aliphatic rings. The highest BCUT2D eigenvalue weighted by atomic mass is 32.2. The summed E-state index contributed by atoms with van der Waals surface area (Å²) in [5.41, 5.74) is -1.16. The normalized spacial score (nSPS) is 19.5. The number of rotatable bonds is 4. The largest absolute Gasteiger partial charge is 0.480 e. The summed E-state index contributed by atoms with van der Waals surface area (Å²) in [7, 11) is 0. The molecule has 0 aliphatic carbocycles. The minimum atomic E-state index is -1.16. The molecule has 0 spiro atoms. The summed E-state index contributed by atoms with van der Waals surface area (Å²) in [5, 5.41) is 11.8. The second kappa shape index (κ2) is 6.14. The van der Waals surface area contributed by atoms with E-state index >= 15 is 0 Å². The first-order chi connectivity index (χ1) is 7.99. The van der Waals surface area contributed by atoms with Gasteiger partial charge in [-0.1, -0.05) is 13.3 Å². The van der Waals surface area contributed by atoms with Gasteiger partial charge in [0.15, 0.2) is 0 Å². The van der Waals surface area contributed by atoms with Crippen molar-refractivity contribution in [2.45, 2.75) is 32.2 Å². The Morgan fingerprint density at radius 2 is 2.00 bits per heavy atom. The molecule has 98 valence electrons. The molecule has 1 saturated heterocycles. The third-order valence-electron chi connectivity index (χ3n) is 2.90. The molecule has 0 bridgehead atoms. The highest BCUT2D eigenvalue weighted by Crippen LogP contribution is 2.15. The van der Waals surface area contributed by atoms with Crippen molar-refractivity contribution in [3.8, 4) is 0 Å². The molecule has 0 saturated carbocycles. The van der Waals surface area contributed by atoms with E-state index in [-0.39, 0.29) is 6.03 Å². The molecule has 6 heteroatoms. The van der Waals surface area contributed by atoms with Gasteiger partial charge in [-0.3, -0.25) is 0 Å². The molecule has 0 aromatic carbocycles. The number of nitrogens with one attached hydrogen (secondary N) is 1. The zero-order valence-corrected chi connectivity index (χ0v) is 11.2. The van der Waals surface area contributed by atoms with Crippen molar-refractivity contribution in [1.29, 1.82) is 0 Å². The van der Waals surface area contributed by atoms with Crippen molar-refractivity contribution in [1.82, 2.24) is 10.2 Å². The predicted molar refractivity (Wildman–Crippen MR) is 68.4 cm³/mol. The van der Waals surface area contributed by atoms with Gasteiger partial charge in [-0.15, -0.1) is 0 Å². The highest BCUT2D eigenvalue weighted by molar-refractivity contribution is 7.99. The van der Waals surface area contributed by atoms with E-state index in [1.165, 1.54) is 0 Å². The van der Waals surface area contributed by atoms with E-state index in [9.17, 15) is 14.7 Å². The van der Waals surface area contributed by atoms with Gasteiger partial charge < -0.3 is 15.3 Å². The Morgan fingerprint density at radius 3 is 2.47 bits per heavy atom. The number of hydrogen-bond acceptors (Lipinski definition) is 3. The number of carbonyl (C=O) groups excluding carboxylic acids is 1. The fourth-order valence-corrected chi connectivity index (χ4v) is 2.71. The summed E-state index contributed by atoms with van der Waals surface area (Å²) >= 11 is 1.81. The Balaban J connectivity index is 2.60.